The Labute approximate surface area is 127 Å². The molecule has 3 aromatic heterocycles. The number of aryl methyl sites for hydroxylation is 1. The van der Waals surface area contributed by atoms with E-state index >= 15 is 0 Å². The van der Waals surface area contributed by atoms with Crippen LogP contribution in [0.15, 0.2) is 30.2 Å². The summed E-state index contributed by atoms with van der Waals surface area (Å²) in [6.07, 6.45) is 5.56. The first-order chi connectivity index (χ1) is 10.1. The third kappa shape index (κ3) is 2.88. The van der Waals surface area contributed by atoms with Crippen molar-refractivity contribution in [3.8, 4) is 0 Å². The van der Waals surface area contributed by atoms with Crippen LogP contribution in [0.4, 0.5) is 5.82 Å². The van der Waals surface area contributed by atoms with Gasteiger partial charge in [-0.3, -0.25) is 4.68 Å². The Bertz CT molecular complexity index is 732. The molecule has 1 atom stereocenters. The zero-order valence-electron chi connectivity index (χ0n) is 12.3. The maximum atomic E-state index is 4.35. The van der Waals surface area contributed by atoms with Gasteiger partial charge < -0.3 is 10.2 Å². The van der Waals surface area contributed by atoms with Crippen molar-refractivity contribution < 1.29 is 0 Å². The lowest BCUT2D eigenvalue weighted by molar-refractivity contribution is 0.311. The van der Waals surface area contributed by atoms with Gasteiger partial charge in [-0.1, -0.05) is 0 Å². The molecule has 1 unspecified atom stereocenters. The van der Waals surface area contributed by atoms with Gasteiger partial charge in [-0.2, -0.15) is 5.10 Å². The van der Waals surface area contributed by atoms with Crippen molar-refractivity contribution in [1.82, 2.24) is 24.6 Å². The molecule has 0 radical (unpaired) electrons. The Morgan fingerprint density at radius 3 is 2.95 bits per heavy atom. The molecular formula is C14H18N6S. The van der Waals surface area contributed by atoms with Gasteiger partial charge in [0.1, 0.15) is 17.0 Å². The molecule has 0 aliphatic carbocycles. The number of likely N-dealkylation sites (N-methyl/N-ethyl adjacent to an activating group) is 1. The van der Waals surface area contributed by atoms with Gasteiger partial charge in [0.15, 0.2) is 0 Å². The Kier molecular flexibility index (Phi) is 3.85. The van der Waals surface area contributed by atoms with Crippen molar-refractivity contribution in [2.75, 3.05) is 26.0 Å². The number of thiophene rings is 1. The lowest BCUT2D eigenvalue weighted by atomic mass is 10.1. The number of anilines is 1. The van der Waals surface area contributed by atoms with E-state index in [1.807, 2.05) is 29.5 Å². The first kappa shape index (κ1) is 14.0. The van der Waals surface area contributed by atoms with Crippen LogP contribution in [0.25, 0.3) is 10.2 Å². The molecule has 0 aliphatic rings. The van der Waals surface area contributed by atoms with Gasteiger partial charge in [0.25, 0.3) is 0 Å². The average Bonchev–Trinajstić information content (AvgIpc) is 3.08. The quantitative estimate of drug-likeness (QED) is 0.782. The van der Waals surface area contributed by atoms with Crippen LogP contribution < -0.4 is 5.32 Å². The molecule has 1 N–H and O–H groups in total. The fourth-order valence-electron chi connectivity index (χ4n) is 2.34. The van der Waals surface area contributed by atoms with Crippen molar-refractivity contribution in [3.63, 3.8) is 0 Å². The van der Waals surface area contributed by atoms with Crippen LogP contribution >= 0.6 is 11.3 Å². The molecule has 3 rings (SSSR count). The van der Waals surface area contributed by atoms with Crippen molar-refractivity contribution in [2.24, 2.45) is 7.05 Å². The number of aromatic nitrogens is 4. The monoisotopic (exact) mass is 302 g/mol. The smallest absolute Gasteiger partial charge is 0.138 e. The molecule has 3 aromatic rings. The van der Waals surface area contributed by atoms with Gasteiger partial charge >= 0.3 is 0 Å². The highest BCUT2D eigenvalue weighted by Crippen LogP contribution is 2.25. The second-order valence-corrected chi connectivity index (χ2v) is 6.06. The lowest BCUT2D eigenvalue weighted by Crippen LogP contribution is -2.26. The topological polar surface area (TPSA) is 58.9 Å². The minimum atomic E-state index is 0.238. The van der Waals surface area contributed by atoms with E-state index in [0.29, 0.717) is 0 Å². The summed E-state index contributed by atoms with van der Waals surface area (Å²) in [6, 6.07) is 2.29. The van der Waals surface area contributed by atoms with Crippen molar-refractivity contribution >= 4 is 27.4 Å². The van der Waals surface area contributed by atoms with Crippen molar-refractivity contribution in [1.29, 1.82) is 0 Å². The number of hydrogen-bond acceptors (Lipinski definition) is 6. The number of rotatable bonds is 5. The summed E-state index contributed by atoms with van der Waals surface area (Å²) < 4.78 is 1.83. The first-order valence-corrected chi connectivity index (χ1v) is 7.60. The second-order valence-electron chi connectivity index (χ2n) is 5.17. The average molecular weight is 302 g/mol. The van der Waals surface area contributed by atoms with E-state index < -0.39 is 0 Å². The molecular weight excluding hydrogens is 284 g/mol. The van der Waals surface area contributed by atoms with E-state index in [4.69, 9.17) is 0 Å². The maximum Gasteiger partial charge on any atom is 0.138 e. The van der Waals surface area contributed by atoms with E-state index in [-0.39, 0.29) is 6.04 Å². The molecule has 3 heterocycles. The van der Waals surface area contributed by atoms with E-state index in [0.717, 1.165) is 22.6 Å². The number of fused-ring (bicyclic) bond motifs is 1. The molecule has 0 spiro atoms. The second kappa shape index (κ2) is 5.79. The van der Waals surface area contributed by atoms with Crippen LogP contribution in [-0.4, -0.2) is 45.3 Å². The van der Waals surface area contributed by atoms with Crippen molar-refractivity contribution in [2.45, 2.75) is 6.04 Å². The molecule has 0 saturated carbocycles. The Balaban J connectivity index is 1.80. The molecule has 6 nitrogen and oxygen atoms in total. The highest BCUT2D eigenvalue weighted by atomic mass is 32.1. The van der Waals surface area contributed by atoms with Crippen LogP contribution in [0, 0.1) is 0 Å². The summed E-state index contributed by atoms with van der Waals surface area (Å²) in [5, 5.41) is 10.8. The summed E-state index contributed by atoms with van der Waals surface area (Å²) in [5.41, 5.74) is 1.19. The lowest BCUT2D eigenvalue weighted by Gasteiger charge is -2.23. The van der Waals surface area contributed by atoms with E-state index in [2.05, 4.69) is 45.4 Å². The summed E-state index contributed by atoms with van der Waals surface area (Å²) in [7, 11) is 6.07. The van der Waals surface area contributed by atoms with Crippen LogP contribution in [0.5, 0.6) is 0 Å². The molecule has 0 bridgehead atoms. The highest BCUT2D eigenvalue weighted by Gasteiger charge is 2.16. The standard InChI is InChI=1S/C14H18N6S/c1-19(2)12(10-6-18-20(3)8-10)7-15-13-11-4-5-21-14(11)17-9-16-13/h4-6,8-9,12H,7H2,1-3H3,(H,15,16,17). The zero-order chi connectivity index (χ0) is 14.8. The third-order valence-electron chi connectivity index (χ3n) is 3.46. The van der Waals surface area contributed by atoms with Gasteiger partial charge in [-0.05, 0) is 25.5 Å². The van der Waals surface area contributed by atoms with E-state index in [1.54, 1.807) is 17.7 Å². The van der Waals surface area contributed by atoms with Crippen LogP contribution in [0.3, 0.4) is 0 Å². The molecule has 0 amide bonds. The molecule has 7 heteroatoms. The molecule has 0 aliphatic heterocycles. The summed E-state index contributed by atoms with van der Waals surface area (Å²) in [4.78, 5) is 11.8. The van der Waals surface area contributed by atoms with Gasteiger partial charge in [0, 0.05) is 25.4 Å². The van der Waals surface area contributed by atoms with Gasteiger partial charge in [0.2, 0.25) is 0 Å². The molecule has 21 heavy (non-hydrogen) atoms. The number of hydrogen-bond donors (Lipinski definition) is 1. The summed E-state index contributed by atoms with van der Waals surface area (Å²) >= 11 is 1.63. The summed E-state index contributed by atoms with van der Waals surface area (Å²) in [5.74, 6) is 0.886. The molecule has 0 saturated heterocycles. The van der Waals surface area contributed by atoms with E-state index in [1.165, 1.54) is 5.56 Å². The predicted octanol–water partition coefficient (Wildman–Crippen LogP) is 2.14. The van der Waals surface area contributed by atoms with Crippen LogP contribution in [-0.2, 0) is 7.05 Å². The van der Waals surface area contributed by atoms with Gasteiger partial charge in [-0.25, -0.2) is 9.97 Å². The third-order valence-corrected chi connectivity index (χ3v) is 4.28. The first-order valence-electron chi connectivity index (χ1n) is 6.72. The van der Waals surface area contributed by atoms with Gasteiger partial charge in [0.05, 0.1) is 17.6 Å². The summed E-state index contributed by atoms with van der Waals surface area (Å²) in [6.45, 7) is 0.765. The fraction of sp³-hybridized carbons (Fsp3) is 0.357. The maximum absolute atomic E-state index is 4.35. The van der Waals surface area contributed by atoms with Crippen molar-refractivity contribution in [3.05, 3.63) is 35.7 Å². The molecule has 110 valence electrons. The van der Waals surface area contributed by atoms with Crippen LogP contribution in [0.2, 0.25) is 0 Å². The number of nitrogens with zero attached hydrogens (tertiary/aromatic N) is 5. The molecule has 0 aromatic carbocycles. The van der Waals surface area contributed by atoms with E-state index in [9.17, 15) is 0 Å². The Morgan fingerprint density at radius 1 is 1.38 bits per heavy atom. The molecule has 0 fully saturated rings. The number of nitrogens with one attached hydrogen (secondary N) is 1. The fourth-order valence-corrected chi connectivity index (χ4v) is 3.07. The van der Waals surface area contributed by atoms with Gasteiger partial charge in [-0.15, -0.1) is 11.3 Å². The predicted molar refractivity (Wildman–Crippen MR) is 85.5 cm³/mol. The Morgan fingerprint density at radius 2 is 2.24 bits per heavy atom. The highest BCUT2D eigenvalue weighted by molar-refractivity contribution is 7.16. The largest absolute Gasteiger partial charge is 0.368 e. The Hall–Kier alpha value is -1.99. The SMILES string of the molecule is CN(C)C(CNc1ncnc2sccc12)c1cnn(C)c1. The normalized spacial score (nSPS) is 13.0. The zero-order valence-corrected chi connectivity index (χ0v) is 13.1. The minimum Gasteiger partial charge on any atom is -0.368 e. The van der Waals surface area contributed by atoms with Crippen LogP contribution in [0.1, 0.15) is 11.6 Å². The minimum absolute atomic E-state index is 0.238.